The first-order valence-electron chi connectivity index (χ1n) is 7.40. The van der Waals surface area contributed by atoms with Crippen molar-refractivity contribution < 1.29 is 4.74 Å². The van der Waals surface area contributed by atoms with E-state index < -0.39 is 0 Å². The standard InChI is InChI=1S/C17H25N3O/c1-6-14-13(11-18-17(2,3)4)12-19-20(14)15-9-7-8-10-16(15)21-5/h7-10,12,18H,6,11H2,1-5H3. The summed E-state index contributed by atoms with van der Waals surface area (Å²) in [5.74, 6) is 0.839. The zero-order chi connectivity index (χ0) is 15.5. The number of hydrogen-bond acceptors (Lipinski definition) is 3. The Morgan fingerprint density at radius 2 is 1.95 bits per heavy atom. The molecule has 0 aliphatic rings. The zero-order valence-electron chi connectivity index (χ0n) is 13.6. The molecule has 0 saturated carbocycles. The molecule has 1 aromatic carbocycles. The van der Waals surface area contributed by atoms with E-state index in [2.05, 4.69) is 38.1 Å². The van der Waals surface area contributed by atoms with Crippen LogP contribution >= 0.6 is 0 Å². The molecule has 0 atom stereocenters. The number of aromatic nitrogens is 2. The molecule has 0 amide bonds. The molecule has 0 fully saturated rings. The number of rotatable bonds is 5. The van der Waals surface area contributed by atoms with Gasteiger partial charge in [-0.05, 0) is 39.3 Å². The van der Waals surface area contributed by atoms with Gasteiger partial charge in [-0.2, -0.15) is 5.10 Å². The maximum Gasteiger partial charge on any atom is 0.144 e. The molecule has 114 valence electrons. The second-order valence-electron chi connectivity index (χ2n) is 6.16. The predicted octanol–water partition coefficient (Wildman–Crippen LogP) is 3.33. The topological polar surface area (TPSA) is 39.1 Å². The van der Waals surface area contributed by atoms with Crippen molar-refractivity contribution in [2.75, 3.05) is 7.11 Å². The minimum Gasteiger partial charge on any atom is -0.494 e. The number of para-hydroxylation sites is 2. The van der Waals surface area contributed by atoms with Crippen molar-refractivity contribution in [3.63, 3.8) is 0 Å². The first kappa shape index (κ1) is 15.6. The summed E-state index contributed by atoms with van der Waals surface area (Å²) >= 11 is 0. The van der Waals surface area contributed by atoms with Crippen LogP contribution in [0.2, 0.25) is 0 Å². The van der Waals surface area contributed by atoms with Gasteiger partial charge in [0.1, 0.15) is 11.4 Å². The Bertz CT molecular complexity index is 596. The van der Waals surface area contributed by atoms with Gasteiger partial charge in [-0.25, -0.2) is 4.68 Å². The van der Waals surface area contributed by atoms with Crippen LogP contribution in [0.25, 0.3) is 5.69 Å². The highest BCUT2D eigenvalue weighted by Gasteiger charge is 2.15. The Morgan fingerprint density at radius 3 is 2.57 bits per heavy atom. The zero-order valence-corrected chi connectivity index (χ0v) is 13.6. The Kier molecular flexibility index (Phi) is 4.68. The molecule has 0 bridgehead atoms. The van der Waals surface area contributed by atoms with Crippen LogP contribution < -0.4 is 10.1 Å². The van der Waals surface area contributed by atoms with E-state index in [0.29, 0.717) is 0 Å². The molecule has 1 aromatic heterocycles. The van der Waals surface area contributed by atoms with Crippen molar-refractivity contribution in [1.29, 1.82) is 0 Å². The Labute approximate surface area is 127 Å². The van der Waals surface area contributed by atoms with Crippen molar-refractivity contribution >= 4 is 0 Å². The van der Waals surface area contributed by atoms with Crippen LogP contribution in [0.1, 0.15) is 39.0 Å². The third-order valence-electron chi connectivity index (χ3n) is 3.41. The van der Waals surface area contributed by atoms with Gasteiger partial charge in [-0.15, -0.1) is 0 Å². The molecule has 0 unspecified atom stereocenters. The van der Waals surface area contributed by atoms with Gasteiger partial charge in [0.15, 0.2) is 0 Å². The molecular formula is C17H25N3O. The largest absolute Gasteiger partial charge is 0.494 e. The number of hydrogen-bond donors (Lipinski definition) is 1. The van der Waals surface area contributed by atoms with Crippen LogP contribution in [0.15, 0.2) is 30.5 Å². The van der Waals surface area contributed by atoms with E-state index in [1.54, 1.807) is 7.11 Å². The van der Waals surface area contributed by atoms with E-state index in [1.807, 2.05) is 35.1 Å². The summed E-state index contributed by atoms with van der Waals surface area (Å²) in [6, 6.07) is 7.97. The molecule has 2 aromatic rings. The summed E-state index contributed by atoms with van der Waals surface area (Å²) in [5.41, 5.74) is 3.53. The fourth-order valence-corrected chi connectivity index (χ4v) is 2.30. The third-order valence-corrected chi connectivity index (χ3v) is 3.41. The van der Waals surface area contributed by atoms with E-state index in [4.69, 9.17) is 4.74 Å². The van der Waals surface area contributed by atoms with Gasteiger partial charge in [0, 0.05) is 23.3 Å². The lowest BCUT2D eigenvalue weighted by Gasteiger charge is -2.20. The van der Waals surface area contributed by atoms with Crippen molar-refractivity contribution in [2.24, 2.45) is 0 Å². The van der Waals surface area contributed by atoms with Crippen molar-refractivity contribution in [3.05, 3.63) is 41.7 Å². The summed E-state index contributed by atoms with van der Waals surface area (Å²) in [6.45, 7) is 9.49. The maximum atomic E-state index is 5.45. The number of ether oxygens (including phenoxy) is 1. The molecule has 0 aliphatic carbocycles. The van der Waals surface area contributed by atoms with Gasteiger partial charge < -0.3 is 10.1 Å². The molecule has 0 spiro atoms. The monoisotopic (exact) mass is 287 g/mol. The SMILES string of the molecule is CCc1c(CNC(C)(C)C)cnn1-c1ccccc1OC. The first-order chi connectivity index (χ1) is 9.96. The fraction of sp³-hybridized carbons (Fsp3) is 0.471. The summed E-state index contributed by atoms with van der Waals surface area (Å²) < 4.78 is 7.43. The molecular weight excluding hydrogens is 262 g/mol. The van der Waals surface area contributed by atoms with Crippen LogP contribution in [-0.2, 0) is 13.0 Å². The average Bonchev–Trinajstić information content (AvgIpc) is 2.87. The highest BCUT2D eigenvalue weighted by molar-refractivity contribution is 5.47. The van der Waals surface area contributed by atoms with E-state index >= 15 is 0 Å². The van der Waals surface area contributed by atoms with Gasteiger partial charge in [0.2, 0.25) is 0 Å². The number of nitrogens with one attached hydrogen (secondary N) is 1. The molecule has 4 nitrogen and oxygen atoms in total. The summed E-state index contributed by atoms with van der Waals surface area (Å²) in [7, 11) is 1.69. The average molecular weight is 287 g/mol. The van der Waals surface area contributed by atoms with E-state index in [9.17, 15) is 0 Å². The lowest BCUT2D eigenvalue weighted by molar-refractivity contribution is 0.411. The number of methoxy groups -OCH3 is 1. The number of nitrogens with zero attached hydrogens (tertiary/aromatic N) is 2. The molecule has 21 heavy (non-hydrogen) atoms. The van der Waals surface area contributed by atoms with Crippen molar-refractivity contribution in [3.8, 4) is 11.4 Å². The van der Waals surface area contributed by atoms with Crippen molar-refractivity contribution in [1.82, 2.24) is 15.1 Å². The van der Waals surface area contributed by atoms with Crippen LogP contribution in [0.5, 0.6) is 5.75 Å². The van der Waals surface area contributed by atoms with Crippen LogP contribution in [-0.4, -0.2) is 22.4 Å². The molecule has 0 saturated heterocycles. The molecule has 2 rings (SSSR count). The first-order valence-corrected chi connectivity index (χ1v) is 7.40. The van der Waals surface area contributed by atoms with Gasteiger partial charge in [0.25, 0.3) is 0 Å². The third kappa shape index (κ3) is 3.64. The molecule has 1 N–H and O–H groups in total. The second kappa shape index (κ2) is 6.31. The van der Waals surface area contributed by atoms with Crippen LogP contribution in [0, 0.1) is 0 Å². The fourth-order valence-electron chi connectivity index (χ4n) is 2.30. The molecule has 0 radical (unpaired) electrons. The van der Waals surface area contributed by atoms with E-state index in [-0.39, 0.29) is 5.54 Å². The minimum atomic E-state index is 0.0948. The Morgan fingerprint density at radius 1 is 1.24 bits per heavy atom. The van der Waals surface area contributed by atoms with Crippen LogP contribution in [0.4, 0.5) is 0 Å². The lowest BCUT2D eigenvalue weighted by Crippen LogP contribution is -2.35. The maximum absolute atomic E-state index is 5.45. The predicted molar refractivity (Wildman–Crippen MR) is 86.1 cm³/mol. The van der Waals surface area contributed by atoms with Gasteiger partial charge >= 0.3 is 0 Å². The summed E-state index contributed by atoms with van der Waals surface area (Å²) in [6.07, 6.45) is 2.88. The number of benzene rings is 1. The second-order valence-corrected chi connectivity index (χ2v) is 6.16. The summed E-state index contributed by atoms with van der Waals surface area (Å²) in [5, 5.41) is 8.08. The smallest absolute Gasteiger partial charge is 0.144 e. The summed E-state index contributed by atoms with van der Waals surface area (Å²) in [4.78, 5) is 0. The highest BCUT2D eigenvalue weighted by Crippen LogP contribution is 2.24. The highest BCUT2D eigenvalue weighted by atomic mass is 16.5. The van der Waals surface area contributed by atoms with Gasteiger partial charge in [-0.1, -0.05) is 19.1 Å². The normalized spacial score (nSPS) is 11.7. The Balaban J connectivity index is 2.35. The Hall–Kier alpha value is -1.81. The quantitative estimate of drug-likeness (QED) is 0.917. The van der Waals surface area contributed by atoms with Gasteiger partial charge in [-0.3, -0.25) is 0 Å². The molecule has 1 heterocycles. The lowest BCUT2D eigenvalue weighted by atomic mass is 10.1. The molecule has 4 heteroatoms. The van der Waals surface area contributed by atoms with Crippen LogP contribution in [0.3, 0.4) is 0 Å². The van der Waals surface area contributed by atoms with Gasteiger partial charge in [0.05, 0.1) is 13.3 Å². The molecule has 0 aliphatic heterocycles. The minimum absolute atomic E-state index is 0.0948. The van der Waals surface area contributed by atoms with E-state index in [0.717, 1.165) is 24.4 Å². The van der Waals surface area contributed by atoms with Crippen molar-refractivity contribution in [2.45, 2.75) is 46.2 Å². The van der Waals surface area contributed by atoms with E-state index in [1.165, 1.54) is 11.3 Å².